The molecule has 0 bridgehead atoms. The number of para-hydroxylation sites is 1. The number of benzene rings is 2. The van der Waals surface area contributed by atoms with E-state index in [1.807, 2.05) is 60.7 Å². The second-order valence-electron chi connectivity index (χ2n) is 6.71. The van der Waals surface area contributed by atoms with E-state index in [2.05, 4.69) is 17.0 Å². The van der Waals surface area contributed by atoms with Crippen molar-refractivity contribution in [3.05, 3.63) is 71.8 Å². The molecule has 26 heavy (non-hydrogen) atoms. The Morgan fingerprint density at radius 2 is 1.62 bits per heavy atom. The number of piperidine rings is 1. The fourth-order valence-corrected chi connectivity index (χ4v) is 3.75. The first kappa shape index (κ1) is 16.1. The van der Waals surface area contributed by atoms with Gasteiger partial charge in [0.2, 0.25) is 0 Å². The van der Waals surface area contributed by atoms with Gasteiger partial charge in [0.25, 0.3) is 0 Å². The molecule has 0 spiro atoms. The number of hydrogen-bond donors (Lipinski definition) is 0. The Bertz CT molecular complexity index is 1020. The molecule has 2 heterocycles. The molecule has 1 fully saturated rings. The van der Waals surface area contributed by atoms with Gasteiger partial charge < -0.3 is 4.90 Å². The average Bonchev–Trinajstić information content (AvgIpc) is 2.73. The molecule has 1 saturated heterocycles. The van der Waals surface area contributed by atoms with Crippen LogP contribution < -0.4 is 4.90 Å². The minimum Gasteiger partial charge on any atom is -0.355 e. The molecule has 0 saturated carbocycles. The van der Waals surface area contributed by atoms with E-state index in [9.17, 15) is 10.5 Å². The Morgan fingerprint density at radius 1 is 0.923 bits per heavy atom. The highest BCUT2D eigenvalue weighted by atomic mass is 15.2. The molecule has 4 rings (SSSR count). The summed E-state index contributed by atoms with van der Waals surface area (Å²) in [6.45, 7) is 1.42. The summed E-state index contributed by atoms with van der Waals surface area (Å²) in [5, 5.41) is 20.4. The summed E-state index contributed by atoms with van der Waals surface area (Å²) in [4.78, 5) is 6.88. The quantitative estimate of drug-likeness (QED) is 0.703. The first-order valence-electron chi connectivity index (χ1n) is 8.77. The fourth-order valence-electron chi connectivity index (χ4n) is 3.75. The van der Waals surface area contributed by atoms with Crippen LogP contribution in [0.3, 0.4) is 0 Å². The summed E-state index contributed by atoms with van der Waals surface area (Å²) in [6, 6.07) is 24.6. The fraction of sp³-hybridized carbons (Fsp3) is 0.227. The summed E-state index contributed by atoms with van der Waals surface area (Å²) in [7, 11) is 0. The van der Waals surface area contributed by atoms with Crippen LogP contribution in [0.4, 0.5) is 5.82 Å². The summed E-state index contributed by atoms with van der Waals surface area (Å²) >= 11 is 0. The van der Waals surface area contributed by atoms with Crippen molar-refractivity contribution in [3.8, 4) is 12.1 Å². The predicted molar refractivity (Wildman–Crippen MR) is 102 cm³/mol. The number of nitriles is 2. The van der Waals surface area contributed by atoms with Crippen LogP contribution in [0.25, 0.3) is 10.9 Å². The molecule has 0 N–H and O–H groups in total. The van der Waals surface area contributed by atoms with E-state index >= 15 is 0 Å². The van der Waals surface area contributed by atoms with E-state index in [0.717, 1.165) is 35.1 Å². The molecule has 0 radical (unpaired) electrons. The molecular formula is C22H18N4. The smallest absolute Gasteiger partial charge is 0.147 e. The molecule has 0 amide bonds. The topological polar surface area (TPSA) is 63.7 Å². The zero-order valence-electron chi connectivity index (χ0n) is 14.4. The van der Waals surface area contributed by atoms with Gasteiger partial charge in [0.05, 0.1) is 22.6 Å². The number of aromatic nitrogens is 1. The molecular weight excluding hydrogens is 320 g/mol. The maximum atomic E-state index is 9.86. The first-order chi connectivity index (χ1) is 12.8. The minimum atomic E-state index is -0.457. The van der Waals surface area contributed by atoms with E-state index in [0.29, 0.717) is 18.7 Å². The standard InChI is InChI=1S/C22H18N4/c23-15-18-14-17-6-4-5-9-20(17)25-21(18)26-12-10-22(16-24,11-13-26)19-7-2-1-3-8-19/h1-9,14H,10-13H2. The normalized spacial score (nSPS) is 16.0. The molecule has 4 nitrogen and oxygen atoms in total. The highest BCUT2D eigenvalue weighted by Crippen LogP contribution is 2.37. The summed E-state index contributed by atoms with van der Waals surface area (Å²) in [5.74, 6) is 0.728. The lowest BCUT2D eigenvalue weighted by atomic mass is 9.74. The van der Waals surface area contributed by atoms with Crippen LogP contribution in [0.5, 0.6) is 0 Å². The Labute approximate surface area is 152 Å². The molecule has 0 unspecified atom stereocenters. The third-order valence-electron chi connectivity index (χ3n) is 5.28. The van der Waals surface area contributed by atoms with Gasteiger partial charge in [0, 0.05) is 18.5 Å². The Morgan fingerprint density at radius 3 is 2.31 bits per heavy atom. The van der Waals surface area contributed by atoms with E-state index in [-0.39, 0.29) is 0 Å². The van der Waals surface area contributed by atoms with Gasteiger partial charge in [-0.15, -0.1) is 0 Å². The summed E-state index contributed by atoms with van der Waals surface area (Å²) in [6.07, 6.45) is 1.46. The molecule has 0 atom stereocenters. The predicted octanol–water partition coefficient (Wildman–Crippen LogP) is 4.17. The lowest BCUT2D eigenvalue weighted by molar-refractivity contribution is 0.414. The molecule has 1 aliphatic heterocycles. The summed E-state index contributed by atoms with van der Waals surface area (Å²) < 4.78 is 0. The SMILES string of the molecule is N#Cc1cc2ccccc2nc1N1CCC(C#N)(c2ccccc2)CC1. The Balaban J connectivity index is 1.65. The van der Waals surface area contributed by atoms with Gasteiger partial charge in [0.1, 0.15) is 11.9 Å². The van der Waals surface area contributed by atoms with Crippen molar-refractivity contribution < 1.29 is 0 Å². The highest BCUT2D eigenvalue weighted by molar-refractivity contribution is 5.83. The third-order valence-corrected chi connectivity index (χ3v) is 5.28. The van der Waals surface area contributed by atoms with Gasteiger partial charge in [-0.2, -0.15) is 10.5 Å². The third kappa shape index (κ3) is 2.66. The van der Waals surface area contributed by atoms with Crippen molar-refractivity contribution in [3.63, 3.8) is 0 Å². The summed E-state index contributed by atoms with van der Waals surface area (Å²) in [5.41, 5.74) is 2.10. The van der Waals surface area contributed by atoms with Gasteiger partial charge in [0.15, 0.2) is 0 Å². The molecule has 1 aliphatic rings. The first-order valence-corrected chi connectivity index (χ1v) is 8.77. The molecule has 1 aromatic heterocycles. The maximum Gasteiger partial charge on any atom is 0.147 e. The van der Waals surface area contributed by atoms with E-state index < -0.39 is 5.41 Å². The van der Waals surface area contributed by atoms with Crippen molar-refractivity contribution in [1.82, 2.24) is 4.98 Å². The van der Waals surface area contributed by atoms with E-state index in [1.54, 1.807) is 0 Å². The van der Waals surface area contributed by atoms with Gasteiger partial charge in [-0.3, -0.25) is 0 Å². The van der Waals surface area contributed by atoms with Crippen LogP contribution in [0.2, 0.25) is 0 Å². The van der Waals surface area contributed by atoms with E-state index in [4.69, 9.17) is 4.98 Å². The zero-order chi connectivity index (χ0) is 18.0. The van der Waals surface area contributed by atoms with Crippen molar-refractivity contribution in [2.75, 3.05) is 18.0 Å². The number of pyridine rings is 1. The lowest BCUT2D eigenvalue weighted by Crippen LogP contribution is -2.42. The zero-order valence-corrected chi connectivity index (χ0v) is 14.4. The second-order valence-corrected chi connectivity index (χ2v) is 6.71. The molecule has 3 aromatic rings. The Hall–Kier alpha value is -3.37. The number of anilines is 1. The van der Waals surface area contributed by atoms with Gasteiger partial charge in [-0.05, 0) is 30.5 Å². The van der Waals surface area contributed by atoms with Crippen LogP contribution in [0.15, 0.2) is 60.7 Å². The van der Waals surface area contributed by atoms with Crippen LogP contribution in [-0.2, 0) is 5.41 Å². The number of rotatable bonds is 2. The van der Waals surface area contributed by atoms with Crippen molar-refractivity contribution in [2.24, 2.45) is 0 Å². The lowest BCUT2D eigenvalue weighted by Gasteiger charge is -2.38. The van der Waals surface area contributed by atoms with Crippen LogP contribution in [-0.4, -0.2) is 18.1 Å². The second kappa shape index (κ2) is 6.50. The van der Waals surface area contributed by atoms with Crippen LogP contribution in [0.1, 0.15) is 24.0 Å². The molecule has 0 aliphatic carbocycles. The number of nitrogens with zero attached hydrogens (tertiary/aromatic N) is 4. The number of fused-ring (bicyclic) bond motifs is 1. The highest BCUT2D eigenvalue weighted by Gasteiger charge is 2.37. The van der Waals surface area contributed by atoms with Crippen LogP contribution >= 0.6 is 0 Å². The van der Waals surface area contributed by atoms with Crippen LogP contribution in [0, 0.1) is 22.7 Å². The largest absolute Gasteiger partial charge is 0.355 e. The molecule has 4 heteroatoms. The molecule has 126 valence electrons. The van der Waals surface area contributed by atoms with Crippen molar-refractivity contribution in [1.29, 1.82) is 10.5 Å². The Kier molecular flexibility index (Phi) is 4.03. The van der Waals surface area contributed by atoms with Gasteiger partial charge in [-0.25, -0.2) is 4.98 Å². The molecule has 2 aromatic carbocycles. The number of hydrogen-bond acceptors (Lipinski definition) is 4. The van der Waals surface area contributed by atoms with Gasteiger partial charge >= 0.3 is 0 Å². The maximum absolute atomic E-state index is 9.86. The van der Waals surface area contributed by atoms with Crippen molar-refractivity contribution in [2.45, 2.75) is 18.3 Å². The van der Waals surface area contributed by atoms with E-state index in [1.165, 1.54) is 0 Å². The minimum absolute atomic E-state index is 0.457. The monoisotopic (exact) mass is 338 g/mol. The van der Waals surface area contributed by atoms with Crippen molar-refractivity contribution >= 4 is 16.7 Å². The average molecular weight is 338 g/mol. The van der Waals surface area contributed by atoms with Gasteiger partial charge in [-0.1, -0.05) is 48.5 Å².